The molecule has 0 spiro atoms. The van der Waals surface area contributed by atoms with Crippen LogP contribution in [0.2, 0.25) is 10.3 Å². The van der Waals surface area contributed by atoms with E-state index in [1.54, 1.807) is 18.3 Å². The summed E-state index contributed by atoms with van der Waals surface area (Å²) < 4.78 is 0. The van der Waals surface area contributed by atoms with E-state index in [-0.39, 0.29) is 34.6 Å². The van der Waals surface area contributed by atoms with Crippen LogP contribution in [0.25, 0.3) is 0 Å². The maximum Gasteiger partial charge on any atom is 0.252 e. The molecule has 1 aliphatic rings. The number of thiophene rings is 1. The zero-order chi connectivity index (χ0) is 27.1. The second kappa shape index (κ2) is 13.6. The highest BCUT2D eigenvalue weighted by Crippen LogP contribution is 2.29. The van der Waals surface area contributed by atoms with E-state index in [0.717, 1.165) is 43.5 Å². The molecule has 8 nitrogen and oxygen atoms in total. The van der Waals surface area contributed by atoms with Gasteiger partial charge in [-0.25, -0.2) is 4.98 Å². The Hall–Kier alpha value is -2.20. The largest absolute Gasteiger partial charge is 0.365 e. The van der Waals surface area contributed by atoms with E-state index in [0.29, 0.717) is 36.6 Å². The van der Waals surface area contributed by atoms with Gasteiger partial charge in [-0.2, -0.15) is 11.3 Å². The predicted octanol–water partition coefficient (Wildman–Crippen LogP) is 4.20. The molecular weight excluding hydrogens is 533 g/mol. The van der Waals surface area contributed by atoms with Crippen molar-refractivity contribution in [2.45, 2.75) is 71.5 Å². The van der Waals surface area contributed by atoms with Crippen LogP contribution in [-0.2, 0) is 22.6 Å². The number of amides is 3. The van der Waals surface area contributed by atoms with Crippen LogP contribution in [-0.4, -0.2) is 64.2 Å². The Morgan fingerprint density at radius 1 is 1.27 bits per heavy atom. The van der Waals surface area contributed by atoms with Crippen molar-refractivity contribution in [1.82, 2.24) is 20.1 Å². The third-order valence-corrected chi connectivity index (χ3v) is 8.39. The van der Waals surface area contributed by atoms with Crippen molar-refractivity contribution in [2.24, 2.45) is 5.73 Å². The van der Waals surface area contributed by atoms with Crippen molar-refractivity contribution in [2.75, 3.05) is 19.6 Å². The maximum absolute atomic E-state index is 13.1. The smallest absolute Gasteiger partial charge is 0.252 e. The third-order valence-electron chi connectivity index (χ3n) is 7.07. The molecule has 0 aliphatic carbocycles. The zero-order valence-corrected chi connectivity index (χ0v) is 23.9. The average Bonchev–Trinajstić information content (AvgIpc) is 3.35. The molecule has 0 saturated carbocycles. The second-order valence-electron chi connectivity index (χ2n) is 9.58. The molecule has 3 N–H and O–H groups in total. The summed E-state index contributed by atoms with van der Waals surface area (Å²) in [4.78, 5) is 44.7. The number of carbonyl (C=O) groups is 3. The standard InChI is InChI=1S/C26H35Cl2N5O3S/c1-16(4-5-21-17(2)23(26(29)36)25(28)31-24(21)27)32-11-7-20(8-12-32)33(14-19-9-13-37-15-19)22(35)6-10-30-18(3)34/h9,13,15-16,20H,4-8,10-12,14H2,1-3H3,(H2,29,36)(H,30,34)/t16-/m1/s1. The third kappa shape index (κ3) is 7.89. The molecule has 0 unspecified atom stereocenters. The molecule has 0 radical (unpaired) electrons. The summed E-state index contributed by atoms with van der Waals surface area (Å²) in [7, 11) is 0. The number of nitrogens with two attached hydrogens (primary N) is 1. The van der Waals surface area contributed by atoms with Crippen molar-refractivity contribution >= 4 is 52.3 Å². The minimum absolute atomic E-state index is 0.0347. The van der Waals surface area contributed by atoms with E-state index in [1.807, 2.05) is 10.3 Å². The minimum atomic E-state index is -0.610. The van der Waals surface area contributed by atoms with Gasteiger partial charge in [-0.3, -0.25) is 14.4 Å². The Labute approximate surface area is 232 Å². The van der Waals surface area contributed by atoms with Crippen LogP contribution in [0.5, 0.6) is 0 Å². The Morgan fingerprint density at radius 2 is 1.97 bits per heavy atom. The van der Waals surface area contributed by atoms with Gasteiger partial charge in [0, 0.05) is 51.6 Å². The molecule has 3 heterocycles. The van der Waals surface area contributed by atoms with Crippen LogP contribution in [0.1, 0.15) is 66.6 Å². The SMILES string of the molecule is CC(=O)NCCC(=O)N(Cc1ccsc1)C1CCN([C@H](C)CCc2c(Cl)nc(Cl)c(C(N)=O)c2C)CC1. The van der Waals surface area contributed by atoms with Crippen LogP contribution >= 0.6 is 34.5 Å². The van der Waals surface area contributed by atoms with Crippen LogP contribution in [0, 0.1) is 6.92 Å². The van der Waals surface area contributed by atoms with E-state index in [9.17, 15) is 14.4 Å². The van der Waals surface area contributed by atoms with Crippen molar-refractivity contribution in [3.05, 3.63) is 49.4 Å². The Bertz CT molecular complexity index is 1100. The lowest BCUT2D eigenvalue weighted by Crippen LogP contribution is -2.49. The zero-order valence-electron chi connectivity index (χ0n) is 21.6. The summed E-state index contributed by atoms with van der Waals surface area (Å²) in [6, 6.07) is 2.49. The Balaban J connectivity index is 1.59. The summed E-state index contributed by atoms with van der Waals surface area (Å²) in [6.45, 7) is 8.14. The summed E-state index contributed by atoms with van der Waals surface area (Å²) in [6.07, 6.45) is 3.55. The summed E-state index contributed by atoms with van der Waals surface area (Å²) >= 11 is 14.1. The van der Waals surface area contributed by atoms with Gasteiger partial charge in [0.15, 0.2) is 0 Å². The van der Waals surface area contributed by atoms with Crippen LogP contribution in [0.3, 0.4) is 0 Å². The van der Waals surface area contributed by atoms with Crippen LogP contribution in [0.15, 0.2) is 16.8 Å². The summed E-state index contributed by atoms with van der Waals surface area (Å²) in [5.74, 6) is -0.671. The topological polar surface area (TPSA) is 109 Å². The summed E-state index contributed by atoms with van der Waals surface area (Å²) in [5, 5.41) is 7.17. The number of pyridine rings is 1. The lowest BCUT2D eigenvalue weighted by molar-refractivity contribution is -0.135. The van der Waals surface area contributed by atoms with E-state index >= 15 is 0 Å². The second-order valence-corrected chi connectivity index (χ2v) is 11.1. The number of carbonyl (C=O) groups excluding carboxylic acids is 3. The molecule has 2 aromatic heterocycles. The van der Waals surface area contributed by atoms with Gasteiger partial charge in [0.25, 0.3) is 5.91 Å². The number of hydrogen-bond acceptors (Lipinski definition) is 6. The van der Waals surface area contributed by atoms with Gasteiger partial charge in [-0.15, -0.1) is 0 Å². The molecule has 3 rings (SSSR count). The minimum Gasteiger partial charge on any atom is -0.365 e. The number of piperidine rings is 1. The first-order valence-electron chi connectivity index (χ1n) is 12.5. The lowest BCUT2D eigenvalue weighted by atomic mass is 9.96. The van der Waals surface area contributed by atoms with Crippen LogP contribution in [0.4, 0.5) is 0 Å². The molecular formula is C26H35Cl2N5O3S. The molecule has 3 amide bonds. The number of likely N-dealkylation sites (tertiary alicyclic amines) is 1. The number of primary amides is 1. The molecule has 11 heteroatoms. The summed E-state index contributed by atoms with van der Waals surface area (Å²) in [5.41, 5.74) is 8.33. The van der Waals surface area contributed by atoms with Crippen molar-refractivity contribution in [1.29, 1.82) is 0 Å². The van der Waals surface area contributed by atoms with Gasteiger partial charge < -0.3 is 20.9 Å². The van der Waals surface area contributed by atoms with Crippen LogP contribution < -0.4 is 11.1 Å². The molecule has 1 saturated heterocycles. The van der Waals surface area contributed by atoms with Gasteiger partial charge in [-0.05, 0) is 73.0 Å². The highest BCUT2D eigenvalue weighted by Gasteiger charge is 2.30. The molecule has 1 atom stereocenters. The number of rotatable bonds is 11. The van der Waals surface area contributed by atoms with E-state index < -0.39 is 5.91 Å². The molecule has 1 fully saturated rings. The predicted molar refractivity (Wildman–Crippen MR) is 148 cm³/mol. The first kappa shape index (κ1) is 29.4. The van der Waals surface area contributed by atoms with Gasteiger partial charge in [-0.1, -0.05) is 23.2 Å². The normalized spacial score (nSPS) is 15.4. The first-order chi connectivity index (χ1) is 17.6. The van der Waals surface area contributed by atoms with Crippen molar-refractivity contribution in [3.8, 4) is 0 Å². The quantitative estimate of drug-likeness (QED) is 0.395. The molecule has 0 bridgehead atoms. The molecule has 202 valence electrons. The Kier molecular flexibility index (Phi) is 10.8. The monoisotopic (exact) mass is 567 g/mol. The van der Waals surface area contributed by atoms with Gasteiger partial charge >= 0.3 is 0 Å². The Morgan fingerprint density at radius 3 is 2.57 bits per heavy atom. The van der Waals surface area contributed by atoms with Crippen molar-refractivity contribution in [3.63, 3.8) is 0 Å². The number of halogens is 2. The van der Waals surface area contributed by atoms with E-state index in [4.69, 9.17) is 28.9 Å². The van der Waals surface area contributed by atoms with E-state index in [1.165, 1.54) is 6.92 Å². The van der Waals surface area contributed by atoms with Gasteiger partial charge in [0.1, 0.15) is 10.3 Å². The van der Waals surface area contributed by atoms with Gasteiger partial charge in [0.05, 0.1) is 5.56 Å². The fraction of sp³-hybridized carbons (Fsp3) is 0.538. The number of nitrogens with one attached hydrogen (secondary N) is 1. The van der Waals surface area contributed by atoms with Gasteiger partial charge in [0.2, 0.25) is 11.8 Å². The highest BCUT2D eigenvalue weighted by atomic mass is 35.5. The lowest BCUT2D eigenvalue weighted by Gasteiger charge is -2.41. The molecule has 37 heavy (non-hydrogen) atoms. The van der Waals surface area contributed by atoms with E-state index in [2.05, 4.69) is 33.6 Å². The number of aromatic nitrogens is 1. The fourth-order valence-electron chi connectivity index (χ4n) is 4.91. The molecule has 1 aliphatic heterocycles. The molecule has 2 aromatic rings. The average molecular weight is 569 g/mol. The molecule has 0 aromatic carbocycles. The highest BCUT2D eigenvalue weighted by molar-refractivity contribution is 7.07. The maximum atomic E-state index is 13.1. The fourth-order valence-corrected chi connectivity index (χ4v) is 6.25. The number of hydrogen-bond donors (Lipinski definition) is 2. The first-order valence-corrected chi connectivity index (χ1v) is 14.2. The van der Waals surface area contributed by atoms with Crippen molar-refractivity contribution < 1.29 is 14.4 Å². The number of nitrogens with zero attached hydrogens (tertiary/aromatic N) is 3.